The molecule has 2 aromatic carbocycles. The van der Waals surface area contributed by atoms with E-state index in [1.54, 1.807) is 30.0 Å². The minimum absolute atomic E-state index is 0.00895. The summed E-state index contributed by atoms with van der Waals surface area (Å²) in [4.78, 5) is 26.8. The normalized spacial score (nSPS) is 15.7. The van der Waals surface area contributed by atoms with E-state index in [0.29, 0.717) is 30.3 Å². The molecule has 1 aliphatic heterocycles. The average Bonchev–Trinajstić information content (AvgIpc) is 2.73. The van der Waals surface area contributed by atoms with Crippen LogP contribution in [0.4, 0.5) is 11.4 Å². The van der Waals surface area contributed by atoms with E-state index in [-0.39, 0.29) is 17.7 Å². The first-order chi connectivity index (χ1) is 14.0. The fourth-order valence-electron chi connectivity index (χ4n) is 3.39. The van der Waals surface area contributed by atoms with Gasteiger partial charge in [0.05, 0.1) is 12.2 Å². The van der Waals surface area contributed by atoms with Gasteiger partial charge in [0.2, 0.25) is 5.91 Å². The van der Waals surface area contributed by atoms with Crippen molar-refractivity contribution >= 4 is 23.2 Å². The van der Waals surface area contributed by atoms with Gasteiger partial charge in [-0.15, -0.1) is 0 Å². The predicted octanol–water partition coefficient (Wildman–Crippen LogP) is 4.25. The minimum Gasteiger partial charge on any atom is -0.492 e. The molecule has 29 heavy (non-hydrogen) atoms. The number of carbonyl (C=O) groups excluding carboxylic acids is 2. The number of fused-ring (bicyclic) bond motifs is 1. The van der Waals surface area contributed by atoms with Gasteiger partial charge in [-0.05, 0) is 50.1 Å². The lowest BCUT2D eigenvalue weighted by Gasteiger charge is -2.33. The summed E-state index contributed by atoms with van der Waals surface area (Å²) in [6, 6.07) is 14.9. The zero-order valence-electron chi connectivity index (χ0n) is 17.2. The third-order valence-corrected chi connectivity index (χ3v) is 5.12. The molecule has 2 amide bonds. The van der Waals surface area contributed by atoms with Crippen molar-refractivity contribution in [3.63, 3.8) is 0 Å². The summed E-state index contributed by atoms with van der Waals surface area (Å²) in [5.41, 5.74) is 1.30. The minimum atomic E-state index is -0.566. The van der Waals surface area contributed by atoms with Gasteiger partial charge in [0.25, 0.3) is 5.91 Å². The number of carbonyl (C=O) groups is 2. The molecule has 0 spiro atoms. The van der Waals surface area contributed by atoms with Gasteiger partial charge in [-0.1, -0.05) is 32.0 Å². The van der Waals surface area contributed by atoms with Gasteiger partial charge in [0.1, 0.15) is 18.1 Å². The van der Waals surface area contributed by atoms with E-state index in [9.17, 15) is 9.59 Å². The summed E-state index contributed by atoms with van der Waals surface area (Å²) in [5, 5.41) is 2.96. The SMILES string of the molecule is CCC(CC)C(=O)Nc1ccc2c(c1)N(CCOc1ccccc1)C(=O)C(C)O2. The molecule has 1 heterocycles. The Balaban J connectivity index is 1.76. The lowest BCUT2D eigenvalue weighted by Crippen LogP contribution is -2.46. The molecule has 1 atom stereocenters. The van der Waals surface area contributed by atoms with E-state index in [0.717, 1.165) is 18.6 Å². The van der Waals surface area contributed by atoms with E-state index in [4.69, 9.17) is 9.47 Å². The van der Waals surface area contributed by atoms with Crippen LogP contribution in [0.3, 0.4) is 0 Å². The van der Waals surface area contributed by atoms with Crippen LogP contribution in [0, 0.1) is 5.92 Å². The van der Waals surface area contributed by atoms with E-state index in [2.05, 4.69) is 5.32 Å². The van der Waals surface area contributed by atoms with Crippen LogP contribution < -0.4 is 19.7 Å². The van der Waals surface area contributed by atoms with Gasteiger partial charge in [0.15, 0.2) is 6.10 Å². The molecule has 0 saturated carbocycles. The largest absolute Gasteiger partial charge is 0.492 e. The standard InChI is InChI=1S/C23H28N2O4/c1-4-17(5-2)22(26)24-18-11-12-21-20(15-18)25(23(27)16(3)29-21)13-14-28-19-9-7-6-8-10-19/h6-12,15-17H,4-5,13-14H2,1-3H3,(H,24,26). The molecule has 6 heteroatoms. The number of para-hydroxylation sites is 1. The highest BCUT2D eigenvalue weighted by molar-refractivity contribution is 6.01. The maximum atomic E-state index is 12.7. The Bertz CT molecular complexity index is 849. The van der Waals surface area contributed by atoms with Crippen LogP contribution in [0.2, 0.25) is 0 Å². The first-order valence-corrected chi connectivity index (χ1v) is 10.1. The summed E-state index contributed by atoms with van der Waals surface area (Å²) in [6.45, 7) is 6.48. The molecule has 1 aliphatic rings. The highest BCUT2D eigenvalue weighted by Gasteiger charge is 2.31. The molecular formula is C23H28N2O4. The van der Waals surface area contributed by atoms with Gasteiger partial charge in [0, 0.05) is 11.6 Å². The number of amides is 2. The van der Waals surface area contributed by atoms with Crippen molar-refractivity contribution in [2.24, 2.45) is 5.92 Å². The lowest BCUT2D eigenvalue weighted by molar-refractivity contribution is -0.125. The maximum absolute atomic E-state index is 12.7. The molecular weight excluding hydrogens is 368 g/mol. The number of ether oxygens (including phenoxy) is 2. The van der Waals surface area contributed by atoms with Gasteiger partial charge in [-0.3, -0.25) is 9.59 Å². The van der Waals surface area contributed by atoms with Gasteiger partial charge < -0.3 is 19.7 Å². The van der Waals surface area contributed by atoms with E-state index >= 15 is 0 Å². The zero-order valence-corrected chi connectivity index (χ0v) is 17.2. The Kier molecular flexibility index (Phi) is 6.75. The first kappa shape index (κ1) is 20.7. The maximum Gasteiger partial charge on any atom is 0.267 e. The van der Waals surface area contributed by atoms with Crippen LogP contribution in [-0.4, -0.2) is 31.1 Å². The number of hydrogen-bond donors (Lipinski definition) is 1. The van der Waals surface area contributed by atoms with Crippen LogP contribution in [0.1, 0.15) is 33.6 Å². The van der Waals surface area contributed by atoms with E-state index in [1.165, 1.54) is 0 Å². The van der Waals surface area contributed by atoms with Crippen molar-refractivity contribution < 1.29 is 19.1 Å². The molecule has 0 radical (unpaired) electrons. The predicted molar refractivity (Wildman–Crippen MR) is 114 cm³/mol. The second-order valence-corrected chi connectivity index (χ2v) is 7.10. The molecule has 1 N–H and O–H groups in total. The van der Waals surface area contributed by atoms with Crippen molar-refractivity contribution in [1.29, 1.82) is 0 Å². The van der Waals surface area contributed by atoms with Crippen molar-refractivity contribution in [1.82, 2.24) is 0 Å². The molecule has 6 nitrogen and oxygen atoms in total. The highest BCUT2D eigenvalue weighted by atomic mass is 16.5. The molecule has 0 aliphatic carbocycles. The molecule has 2 aromatic rings. The molecule has 154 valence electrons. The Morgan fingerprint density at radius 3 is 2.59 bits per heavy atom. The fourth-order valence-corrected chi connectivity index (χ4v) is 3.39. The van der Waals surface area contributed by atoms with Crippen molar-refractivity contribution in [3.8, 4) is 11.5 Å². The monoisotopic (exact) mass is 396 g/mol. The summed E-state index contributed by atoms with van der Waals surface area (Å²) in [5.74, 6) is 1.22. The Hall–Kier alpha value is -3.02. The average molecular weight is 396 g/mol. The van der Waals surface area contributed by atoms with E-state index < -0.39 is 6.10 Å². The lowest BCUT2D eigenvalue weighted by atomic mass is 10.0. The molecule has 0 aromatic heterocycles. The Labute approximate surface area is 171 Å². The van der Waals surface area contributed by atoms with Crippen LogP contribution in [0.15, 0.2) is 48.5 Å². The quantitative estimate of drug-likeness (QED) is 0.724. The van der Waals surface area contributed by atoms with E-state index in [1.807, 2.05) is 44.2 Å². The molecule has 0 bridgehead atoms. The van der Waals surface area contributed by atoms with Crippen LogP contribution in [0.25, 0.3) is 0 Å². The van der Waals surface area contributed by atoms with Crippen LogP contribution in [0.5, 0.6) is 11.5 Å². The molecule has 0 saturated heterocycles. The second kappa shape index (κ2) is 9.45. The summed E-state index contributed by atoms with van der Waals surface area (Å²) < 4.78 is 11.5. The third kappa shape index (κ3) is 4.88. The number of nitrogens with one attached hydrogen (secondary N) is 1. The number of benzene rings is 2. The van der Waals surface area contributed by atoms with Crippen LogP contribution >= 0.6 is 0 Å². The smallest absolute Gasteiger partial charge is 0.267 e. The van der Waals surface area contributed by atoms with Crippen molar-refractivity contribution in [2.75, 3.05) is 23.4 Å². The molecule has 3 rings (SSSR count). The summed E-state index contributed by atoms with van der Waals surface area (Å²) in [6.07, 6.45) is 1.01. The number of nitrogens with zero attached hydrogens (tertiary/aromatic N) is 1. The second-order valence-electron chi connectivity index (χ2n) is 7.10. The summed E-state index contributed by atoms with van der Waals surface area (Å²) >= 11 is 0. The highest BCUT2D eigenvalue weighted by Crippen LogP contribution is 2.36. The summed E-state index contributed by atoms with van der Waals surface area (Å²) in [7, 11) is 0. The number of rotatable bonds is 8. The van der Waals surface area contributed by atoms with Gasteiger partial charge in [-0.25, -0.2) is 0 Å². The Morgan fingerprint density at radius 2 is 1.90 bits per heavy atom. The Morgan fingerprint density at radius 1 is 1.17 bits per heavy atom. The topological polar surface area (TPSA) is 67.9 Å². The fraction of sp³-hybridized carbons (Fsp3) is 0.391. The number of hydrogen-bond acceptors (Lipinski definition) is 4. The van der Waals surface area contributed by atoms with Gasteiger partial charge >= 0.3 is 0 Å². The molecule has 0 fully saturated rings. The van der Waals surface area contributed by atoms with Crippen LogP contribution in [-0.2, 0) is 9.59 Å². The van der Waals surface area contributed by atoms with Crippen molar-refractivity contribution in [3.05, 3.63) is 48.5 Å². The zero-order chi connectivity index (χ0) is 20.8. The number of anilines is 2. The first-order valence-electron chi connectivity index (χ1n) is 10.1. The van der Waals surface area contributed by atoms with Crippen molar-refractivity contribution in [2.45, 2.75) is 39.7 Å². The third-order valence-electron chi connectivity index (χ3n) is 5.12. The van der Waals surface area contributed by atoms with Gasteiger partial charge in [-0.2, -0.15) is 0 Å². The molecule has 1 unspecified atom stereocenters.